The molecule has 3 heterocycles. The number of rotatable bonds is 8. The first-order chi connectivity index (χ1) is 18.8. The van der Waals surface area contributed by atoms with Crippen LogP contribution in [0.3, 0.4) is 0 Å². The molecule has 2 bridgehead atoms. The van der Waals surface area contributed by atoms with Gasteiger partial charge in [0.1, 0.15) is 5.75 Å². The van der Waals surface area contributed by atoms with E-state index in [0.29, 0.717) is 42.2 Å². The molecular formula is C29H34Cl2N4O4. The summed E-state index contributed by atoms with van der Waals surface area (Å²) in [5.74, 6) is -0.992. The lowest BCUT2D eigenvalue weighted by atomic mass is 9.96. The molecule has 3 amide bonds. The van der Waals surface area contributed by atoms with Gasteiger partial charge in [0.25, 0.3) is 11.8 Å². The fourth-order valence-corrected chi connectivity index (χ4v) is 6.52. The van der Waals surface area contributed by atoms with Crippen molar-refractivity contribution in [3.05, 3.63) is 63.6 Å². The number of likely N-dealkylation sites (tertiary alicyclic amines) is 1. The Hall–Kier alpha value is -2.81. The second-order valence-corrected chi connectivity index (χ2v) is 11.7. The van der Waals surface area contributed by atoms with Gasteiger partial charge in [0, 0.05) is 47.8 Å². The smallest absolute Gasteiger partial charge is 0.258 e. The number of carbonyl (C=O) groups is 3. The van der Waals surface area contributed by atoms with Gasteiger partial charge in [-0.05, 0) is 74.4 Å². The quantitative estimate of drug-likeness (QED) is 0.497. The van der Waals surface area contributed by atoms with Gasteiger partial charge in [-0.25, -0.2) is 0 Å². The van der Waals surface area contributed by atoms with Crippen molar-refractivity contribution in [1.82, 2.24) is 15.1 Å². The number of fused-ring (bicyclic) bond motifs is 2. The number of ether oxygens (including phenoxy) is 1. The van der Waals surface area contributed by atoms with Crippen LogP contribution in [0.25, 0.3) is 0 Å². The first-order valence-corrected chi connectivity index (χ1v) is 14.3. The molecule has 4 atom stereocenters. The summed E-state index contributed by atoms with van der Waals surface area (Å²) in [6.45, 7) is 1.47. The first-order valence-electron chi connectivity index (χ1n) is 13.6. The first kappa shape index (κ1) is 27.7. The molecule has 39 heavy (non-hydrogen) atoms. The Morgan fingerprint density at radius 3 is 2.36 bits per heavy atom. The summed E-state index contributed by atoms with van der Waals surface area (Å²) in [5, 5.41) is 4.27. The van der Waals surface area contributed by atoms with Crippen molar-refractivity contribution in [3.8, 4) is 5.75 Å². The van der Waals surface area contributed by atoms with E-state index in [1.54, 1.807) is 23.1 Å². The lowest BCUT2D eigenvalue weighted by Gasteiger charge is -2.39. The maximum atomic E-state index is 13.3. The van der Waals surface area contributed by atoms with Crippen molar-refractivity contribution in [2.45, 2.75) is 63.2 Å². The largest absolute Gasteiger partial charge is 0.483 e. The van der Waals surface area contributed by atoms with E-state index in [4.69, 9.17) is 33.7 Å². The molecule has 208 valence electrons. The number of halogens is 2. The van der Waals surface area contributed by atoms with E-state index in [-0.39, 0.29) is 42.5 Å². The van der Waals surface area contributed by atoms with Crippen LogP contribution < -0.4 is 15.8 Å². The molecule has 0 aliphatic carbocycles. The van der Waals surface area contributed by atoms with E-state index < -0.39 is 5.91 Å². The highest BCUT2D eigenvalue weighted by Gasteiger charge is 2.41. The molecule has 3 aliphatic heterocycles. The van der Waals surface area contributed by atoms with Crippen LogP contribution in [0.2, 0.25) is 10.0 Å². The molecule has 0 saturated carbocycles. The van der Waals surface area contributed by atoms with Gasteiger partial charge >= 0.3 is 0 Å². The van der Waals surface area contributed by atoms with Crippen LogP contribution in [-0.2, 0) is 16.1 Å². The summed E-state index contributed by atoms with van der Waals surface area (Å²) in [4.78, 5) is 42.0. The van der Waals surface area contributed by atoms with Gasteiger partial charge in [-0.15, -0.1) is 0 Å². The fourth-order valence-electron chi connectivity index (χ4n) is 6.22. The molecule has 8 nitrogen and oxygen atoms in total. The standard InChI is InChI=1S/C29H34Cl2N4O4/c30-20-5-3-18(4-6-20)15-35-23-8-9-24(35)14-22(13-23)33-27(36)17-39-26-10-7-21(31)12-25(26)29(38)34-11-1-2-19(16-34)28(32)37/h3-7,10,12,19,22-24H,1-2,8-9,11,13-17H2,(H2,32,37)(H,33,36)/t19?,22?,23-,24+. The molecule has 3 saturated heterocycles. The van der Waals surface area contributed by atoms with E-state index in [9.17, 15) is 14.4 Å². The molecule has 2 aromatic carbocycles. The Balaban J connectivity index is 1.16. The van der Waals surface area contributed by atoms with Gasteiger partial charge in [-0.3, -0.25) is 19.3 Å². The third-order valence-electron chi connectivity index (χ3n) is 8.17. The van der Waals surface area contributed by atoms with Crippen LogP contribution >= 0.6 is 23.2 Å². The second-order valence-electron chi connectivity index (χ2n) is 10.8. The molecule has 0 spiro atoms. The van der Waals surface area contributed by atoms with Crippen molar-refractivity contribution in [1.29, 1.82) is 0 Å². The summed E-state index contributed by atoms with van der Waals surface area (Å²) in [5.41, 5.74) is 6.99. The number of amides is 3. The van der Waals surface area contributed by atoms with E-state index >= 15 is 0 Å². The summed E-state index contributed by atoms with van der Waals surface area (Å²) in [6.07, 6.45) is 5.42. The van der Waals surface area contributed by atoms with Crippen molar-refractivity contribution in [2.24, 2.45) is 11.7 Å². The minimum absolute atomic E-state index is 0.0884. The molecule has 3 fully saturated rings. The number of nitrogens with one attached hydrogen (secondary N) is 1. The van der Waals surface area contributed by atoms with E-state index in [1.807, 2.05) is 12.1 Å². The number of carbonyl (C=O) groups excluding carboxylic acids is 3. The fraction of sp³-hybridized carbons (Fsp3) is 0.483. The zero-order valence-corrected chi connectivity index (χ0v) is 23.3. The van der Waals surface area contributed by atoms with Gasteiger partial charge in [0.15, 0.2) is 6.61 Å². The maximum absolute atomic E-state index is 13.3. The highest BCUT2D eigenvalue weighted by Crippen LogP contribution is 2.37. The third-order valence-corrected chi connectivity index (χ3v) is 8.66. The van der Waals surface area contributed by atoms with Gasteiger partial charge in [0.05, 0.1) is 11.5 Å². The number of nitrogens with two attached hydrogens (primary N) is 1. The maximum Gasteiger partial charge on any atom is 0.258 e. The van der Waals surface area contributed by atoms with Gasteiger partial charge in [-0.1, -0.05) is 35.3 Å². The zero-order valence-electron chi connectivity index (χ0n) is 21.8. The minimum Gasteiger partial charge on any atom is -0.483 e. The molecule has 3 aliphatic rings. The highest BCUT2D eigenvalue weighted by molar-refractivity contribution is 6.31. The Bertz CT molecular complexity index is 1210. The zero-order chi connectivity index (χ0) is 27.5. The molecule has 3 N–H and O–H groups in total. The SMILES string of the molecule is NC(=O)C1CCCN(C(=O)c2cc(Cl)ccc2OCC(=O)NC2C[C@H]3CC[C@@H](C2)N3Cc2ccc(Cl)cc2)C1. The molecule has 0 aromatic heterocycles. The monoisotopic (exact) mass is 572 g/mol. The number of piperidine rings is 2. The van der Waals surface area contributed by atoms with Crippen molar-refractivity contribution in [3.63, 3.8) is 0 Å². The van der Waals surface area contributed by atoms with Crippen LogP contribution in [0.4, 0.5) is 0 Å². The molecule has 10 heteroatoms. The Morgan fingerprint density at radius 1 is 0.974 bits per heavy atom. The summed E-state index contributed by atoms with van der Waals surface area (Å²) >= 11 is 12.2. The van der Waals surface area contributed by atoms with Crippen LogP contribution in [-0.4, -0.2) is 65.3 Å². The van der Waals surface area contributed by atoms with Crippen molar-refractivity contribution >= 4 is 40.9 Å². The second kappa shape index (κ2) is 12.1. The molecule has 0 radical (unpaired) electrons. The molecular weight excluding hydrogens is 539 g/mol. The molecule has 2 unspecified atom stereocenters. The number of hydrogen-bond donors (Lipinski definition) is 2. The normalized spacial score (nSPS) is 24.8. The van der Waals surface area contributed by atoms with Crippen LogP contribution in [0, 0.1) is 5.92 Å². The van der Waals surface area contributed by atoms with Gasteiger partial charge in [-0.2, -0.15) is 0 Å². The van der Waals surface area contributed by atoms with E-state index in [2.05, 4.69) is 22.3 Å². The average Bonchev–Trinajstić information content (AvgIpc) is 3.15. The average molecular weight is 574 g/mol. The lowest BCUT2D eigenvalue weighted by Crippen LogP contribution is -2.50. The summed E-state index contributed by atoms with van der Waals surface area (Å²) in [7, 11) is 0. The third kappa shape index (κ3) is 6.68. The van der Waals surface area contributed by atoms with E-state index in [1.165, 1.54) is 5.56 Å². The predicted molar refractivity (Wildman–Crippen MR) is 150 cm³/mol. The number of benzene rings is 2. The lowest BCUT2D eigenvalue weighted by molar-refractivity contribution is -0.124. The van der Waals surface area contributed by atoms with Crippen LogP contribution in [0.15, 0.2) is 42.5 Å². The van der Waals surface area contributed by atoms with E-state index in [0.717, 1.165) is 37.3 Å². The minimum atomic E-state index is -0.406. The van der Waals surface area contributed by atoms with Crippen LogP contribution in [0.1, 0.15) is 54.4 Å². The number of primary amides is 1. The van der Waals surface area contributed by atoms with Gasteiger partial charge in [0.2, 0.25) is 5.91 Å². The van der Waals surface area contributed by atoms with Crippen LogP contribution in [0.5, 0.6) is 5.75 Å². The number of hydrogen-bond acceptors (Lipinski definition) is 5. The topological polar surface area (TPSA) is 105 Å². The van der Waals surface area contributed by atoms with Crippen molar-refractivity contribution < 1.29 is 19.1 Å². The predicted octanol–water partition coefficient (Wildman–Crippen LogP) is 4.02. The molecule has 2 aromatic rings. The molecule has 5 rings (SSSR count). The number of nitrogens with zero attached hydrogens (tertiary/aromatic N) is 2. The Labute approximate surface area is 238 Å². The van der Waals surface area contributed by atoms with Gasteiger partial charge < -0.3 is 20.7 Å². The summed E-state index contributed by atoms with van der Waals surface area (Å²) < 4.78 is 5.83. The Morgan fingerprint density at radius 2 is 1.67 bits per heavy atom. The summed E-state index contributed by atoms with van der Waals surface area (Å²) in [6, 6.07) is 13.7. The van der Waals surface area contributed by atoms with Crippen molar-refractivity contribution in [2.75, 3.05) is 19.7 Å². The Kier molecular flexibility index (Phi) is 8.64. The highest BCUT2D eigenvalue weighted by atomic mass is 35.5.